The lowest BCUT2D eigenvalue weighted by Gasteiger charge is -2.19. The van der Waals surface area contributed by atoms with Gasteiger partial charge < -0.3 is 4.74 Å². The van der Waals surface area contributed by atoms with E-state index in [2.05, 4.69) is 13.9 Å². The predicted octanol–water partition coefficient (Wildman–Crippen LogP) is 1.12. The highest BCUT2D eigenvalue weighted by Crippen LogP contribution is 2.22. The van der Waals surface area contributed by atoms with Gasteiger partial charge in [0, 0.05) is 12.1 Å². The lowest BCUT2D eigenvalue weighted by Crippen LogP contribution is -2.16. The van der Waals surface area contributed by atoms with Crippen LogP contribution >= 0.6 is 11.6 Å². The second kappa shape index (κ2) is 3.26. The van der Waals surface area contributed by atoms with Gasteiger partial charge in [0.15, 0.2) is 0 Å². The first-order chi connectivity index (χ1) is 4.74. The minimum Gasteiger partial charge on any atom is -0.377 e. The average molecular weight is 156 g/mol. The fraction of sp³-hybridized carbons (Fsp3) is 0.429. The Morgan fingerprint density at radius 2 is 2.40 bits per heavy atom. The van der Waals surface area contributed by atoms with Crippen molar-refractivity contribution in [3.63, 3.8) is 0 Å². The van der Waals surface area contributed by atoms with Crippen LogP contribution in [0, 0.1) is 0 Å². The average Bonchev–Trinajstić information content (AvgIpc) is 1.94. The van der Waals surface area contributed by atoms with Crippen molar-refractivity contribution in [1.29, 1.82) is 0 Å². The Balaban J connectivity index is 2.67. The lowest BCUT2D eigenvalue weighted by atomic mass is 9.80. The summed E-state index contributed by atoms with van der Waals surface area (Å²) in [7, 11) is 3.80. The maximum absolute atomic E-state index is 5.75. The molecule has 0 N–H and O–H groups in total. The maximum atomic E-state index is 5.75. The van der Waals surface area contributed by atoms with Crippen LogP contribution in [0.3, 0.4) is 0 Å². The molecule has 1 aliphatic rings. The number of rotatable bonds is 1. The summed E-state index contributed by atoms with van der Waals surface area (Å²) in [6, 6.07) is 0. The molecule has 0 amide bonds. The molecule has 0 aromatic heterocycles. The molecule has 0 fully saturated rings. The van der Waals surface area contributed by atoms with E-state index >= 15 is 0 Å². The van der Waals surface area contributed by atoms with E-state index in [9.17, 15) is 0 Å². The van der Waals surface area contributed by atoms with Crippen molar-refractivity contribution >= 4 is 19.4 Å². The normalized spacial score (nSPS) is 32.0. The van der Waals surface area contributed by atoms with Crippen LogP contribution in [-0.4, -0.2) is 21.1 Å². The van der Waals surface area contributed by atoms with Crippen LogP contribution in [0.2, 0.25) is 5.82 Å². The molecule has 2 unspecified atom stereocenters. The quantitative estimate of drug-likeness (QED) is 0.517. The highest BCUT2D eigenvalue weighted by Gasteiger charge is 2.14. The number of halogens is 1. The molecule has 0 aromatic rings. The topological polar surface area (TPSA) is 9.23 Å². The molecule has 1 aliphatic carbocycles. The summed E-state index contributed by atoms with van der Waals surface area (Å²) >= 11 is 5.75. The van der Waals surface area contributed by atoms with Gasteiger partial charge in [-0.15, -0.1) is 0 Å². The monoisotopic (exact) mass is 156 g/mol. The second-order valence-corrected chi connectivity index (χ2v) is 2.91. The first kappa shape index (κ1) is 7.90. The summed E-state index contributed by atoms with van der Waals surface area (Å²) in [5.41, 5.74) is 0. The third kappa shape index (κ3) is 1.64. The molecule has 0 radical (unpaired) electrons. The van der Waals surface area contributed by atoms with Gasteiger partial charge in [0.1, 0.15) is 7.85 Å². The first-order valence-corrected chi connectivity index (χ1v) is 3.70. The fourth-order valence-electron chi connectivity index (χ4n) is 1.00. The minimum atomic E-state index is 0.150. The van der Waals surface area contributed by atoms with Crippen molar-refractivity contribution < 1.29 is 4.74 Å². The molecule has 0 bridgehead atoms. The van der Waals surface area contributed by atoms with Gasteiger partial charge in [-0.1, -0.05) is 17.7 Å². The summed E-state index contributed by atoms with van der Waals surface area (Å²) < 4.78 is 5.16. The van der Waals surface area contributed by atoms with Crippen molar-refractivity contribution in [2.75, 3.05) is 7.11 Å². The van der Waals surface area contributed by atoms with Gasteiger partial charge in [0.25, 0.3) is 0 Å². The Kier molecular flexibility index (Phi) is 2.58. The van der Waals surface area contributed by atoms with E-state index in [1.807, 2.05) is 12.2 Å². The fourth-order valence-corrected chi connectivity index (χ4v) is 1.20. The van der Waals surface area contributed by atoms with Gasteiger partial charge in [-0.25, -0.2) is 0 Å². The van der Waals surface area contributed by atoms with E-state index < -0.39 is 0 Å². The van der Waals surface area contributed by atoms with Crippen molar-refractivity contribution in [3.05, 3.63) is 23.3 Å². The molecule has 1 nitrogen and oxygen atoms in total. The molecule has 0 heterocycles. The molecule has 3 heteroatoms. The lowest BCUT2D eigenvalue weighted by molar-refractivity contribution is 0.143. The maximum Gasteiger partial charge on any atom is 0.114 e. The summed E-state index contributed by atoms with van der Waals surface area (Å²) in [5, 5.41) is 0.768. The van der Waals surface area contributed by atoms with Gasteiger partial charge in [0.05, 0.1) is 6.10 Å². The molecule has 0 aromatic carbocycles. The Labute approximate surface area is 67.1 Å². The van der Waals surface area contributed by atoms with Crippen LogP contribution in [0.1, 0.15) is 0 Å². The summed E-state index contributed by atoms with van der Waals surface area (Å²) in [4.78, 5) is 0. The largest absolute Gasteiger partial charge is 0.377 e. The Bertz CT molecular complexity index is 176. The third-order valence-electron chi connectivity index (χ3n) is 1.67. The summed E-state index contributed by atoms with van der Waals surface area (Å²) in [6.45, 7) is 0. The number of hydrogen-bond donors (Lipinski definition) is 0. The van der Waals surface area contributed by atoms with Crippen LogP contribution in [0.25, 0.3) is 0 Å². The molecule has 10 heavy (non-hydrogen) atoms. The number of methoxy groups -OCH3 is 1. The van der Waals surface area contributed by atoms with Gasteiger partial charge in [-0.05, 0) is 18.0 Å². The Hall–Kier alpha value is -0.205. The van der Waals surface area contributed by atoms with Crippen LogP contribution < -0.4 is 0 Å². The number of ether oxygens (including phenoxy) is 1. The molecule has 0 saturated carbocycles. The van der Waals surface area contributed by atoms with Crippen molar-refractivity contribution in [3.8, 4) is 0 Å². The van der Waals surface area contributed by atoms with Gasteiger partial charge in [-0.3, -0.25) is 0 Å². The van der Waals surface area contributed by atoms with Gasteiger partial charge >= 0.3 is 0 Å². The van der Waals surface area contributed by atoms with E-state index in [4.69, 9.17) is 16.3 Å². The number of allylic oxidation sites excluding steroid dienone is 2. The second-order valence-electron chi connectivity index (χ2n) is 2.47. The smallest absolute Gasteiger partial charge is 0.114 e. The zero-order valence-electron chi connectivity index (χ0n) is 6.17. The van der Waals surface area contributed by atoms with Crippen LogP contribution in [0.5, 0.6) is 0 Å². The van der Waals surface area contributed by atoms with E-state index in [0.717, 1.165) is 5.03 Å². The molecule has 1 rings (SSSR count). The number of hydrogen-bond acceptors (Lipinski definition) is 1. The molecule has 54 valence electrons. The standard InChI is InChI=1S/C7H10BClO/c1-10-7-4-5(9)2-3-6(7)8/h2-4,6-7H,8H2,1H3. The molecule has 2 atom stereocenters. The van der Waals surface area contributed by atoms with E-state index in [-0.39, 0.29) is 6.10 Å². The SMILES string of the molecule is BC1C=CC(Cl)=CC1OC. The van der Waals surface area contributed by atoms with E-state index in [1.165, 1.54) is 0 Å². The molecular formula is C7H10BClO. The van der Waals surface area contributed by atoms with Crippen LogP contribution in [0.4, 0.5) is 0 Å². The van der Waals surface area contributed by atoms with Gasteiger partial charge in [-0.2, -0.15) is 0 Å². The zero-order valence-corrected chi connectivity index (χ0v) is 6.93. The van der Waals surface area contributed by atoms with Crippen LogP contribution in [0.15, 0.2) is 23.3 Å². The molecular weight excluding hydrogens is 146 g/mol. The summed E-state index contributed by atoms with van der Waals surface area (Å²) in [6.07, 6.45) is 6.03. The Morgan fingerprint density at radius 3 is 2.90 bits per heavy atom. The van der Waals surface area contributed by atoms with Crippen molar-refractivity contribution in [2.45, 2.75) is 11.9 Å². The van der Waals surface area contributed by atoms with Gasteiger partial charge in [0.2, 0.25) is 0 Å². The molecule has 0 aliphatic heterocycles. The van der Waals surface area contributed by atoms with Crippen molar-refractivity contribution in [1.82, 2.24) is 0 Å². The molecule has 0 saturated heterocycles. The summed E-state index contributed by atoms with van der Waals surface area (Å²) in [5.74, 6) is 0.437. The van der Waals surface area contributed by atoms with E-state index in [0.29, 0.717) is 5.82 Å². The highest BCUT2D eigenvalue weighted by atomic mass is 35.5. The zero-order chi connectivity index (χ0) is 7.56. The van der Waals surface area contributed by atoms with Crippen LogP contribution in [-0.2, 0) is 4.74 Å². The minimum absolute atomic E-state index is 0.150. The predicted molar refractivity (Wildman–Crippen MR) is 46.2 cm³/mol. The third-order valence-corrected chi connectivity index (χ3v) is 1.92. The first-order valence-electron chi connectivity index (χ1n) is 3.32. The van der Waals surface area contributed by atoms with E-state index in [1.54, 1.807) is 7.11 Å². The molecule has 0 spiro atoms. The van der Waals surface area contributed by atoms with Crippen molar-refractivity contribution in [2.24, 2.45) is 0 Å². The highest BCUT2D eigenvalue weighted by molar-refractivity contribution is 6.31. The Morgan fingerprint density at radius 1 is 1.70 bits per heavy atom.